The predicted molar refractivity (Wildman–Crippen MR) is 154 cm³/mol. The molecular weight excluding hydrogens is 493 g/mol. The van der Waals surface area contributed by atoms with Gasteiger partial charge in [-0.15, -0.1) is 0 Å². The van der Waals surface area contributed by atoms with Crippen LogP contribution in [0, 0.1) is 5.82 Å². The zero-order chi connectivity index (χ0) is 27.8. The number of nitrogens with one attached hydrogen (secondary N) is 1. The molecule has 0 unspecified atom stereocenters. The summed E-state index contributed by atoms with van der Waals surface area (Å²) in [5.74, 6) is -0.387. The first-order valence-electron chi connectivity index (χ1n) is 14.5. The van der Waals surface area contributed by atoms with Crippen LogP contribution in [0.25, 0.3) is 0 Å². The van der Waals surface area contributed by atoms with Crippen molar-refractivity contribution >= 4 is 17.5 Å². The van der Waals surface area contributed by atoms with Crippen LogP contribution >= 0.6 is 0 Å². The quantitative estimate of drug-likeness (QED) is 0.521. The first-order chi connectivity index (χ1) is 18.7. The highest BCUT2D eigenvalue weighted by molar-refractivity contribution is 5.97. The number of ether oxygens (including phenoxy) is 1. The zero-order valence-electron chi connectivity index (χ0n) is 23.8. The van der Waals surface area contributed by atoms with E-state index in [1.54, 1.807) is 19.1 Å². The molecule has 1 N–H and O–H groups in total. The van der Waals surface area contributed by atoms with Gasteiger partial charge < -0.3 is 15.0 Å². The topological polar surface area (TPSA) is 61.9 Å². The Bertz CT molecular complexity index is 1110. The van der Waals surface area contributed by atoms with Crippen molar-refractivity contribution in [2.45, 2.75) is 83.7 Å². The Morgan fingerprint density at radius 2 is 1.64 bits per heavy atom. The largest absolute Gasteiger partial charge is 0.381 e. The van der Waals surface area contributed by atoms with Crippen LogP contribution in [-0.2, 0) is 21.5 Å². The molecular formula is C32H44FN3O3. The monoisotopic (exact) mass is 537 g/mol. The summed E-state index contributed by atoms with van der Waals surface area (Å²) >= 11 is 0. The third-order valence-electron chi connectivity index (χ3n) is 8.24. The van der Waals surface area contributed by atoms with Crippen molar-refractivity contribution in [3.8, 4) is 0 Å². The van der Waals surface area contributed by atoms with Gasteiger partial charge in [0.25, 0.3) is 5.91 Å². The van der Waals surface area contributed by atoms with Crippen molar-refractivity contribution in [2.24, 2.45) is 0 Å². The van der Waals surface area contributed by atoms with Crippen LogP contribution in [0.3, 0.4) is 0 Å². The number of hydrogen-bond donors (Lipinski definition) is 1. The third kappa shape index (κ3) is 7.89. The van der Waals surface area contributed by atoms with Gasteiger partial charge in [-0.05, 0) is 73.7 Å². The molecule has 2 aromatic carbocycles. The van der Waals surface area contributed by atoms with Crippen LogP contribution in [0.1, 0.15) is 87.2 Å². The number of rotatable bonds is 5. The second-order valence-electron chi connectivity index (χ2n) is 11.7. The van der Waals surface area contributed by atoms with E-state index >= 15 is 0 Å². The molecule has 0 saturated carbocycles. The van der Waals surface area contributed by atoms with Gasteiger partial charge in [0, 0.05) is 62.5 Å². The molecule has 6 nitrogen and oxygen atoms in total. The van der Waals surface area contributed by atoms with Crippen molar-refractivity contribution in [1.82, 2.24) is 10.2 Å². The van der Waals surface area contributed by atoms with Gasteiger partial charge in [0.15, 0.2) is 0 Å². The van der Waals surface area contributed by atoms with Crippen molar-refractivity contribution in [1.29, 1.82) is 0 Å². The van der Waals surface area contributed by atoms with Crippen LogP contribution < -0.4 is 10.2 Å². The summed E-state index contributed by atoms with van der Waals surface area (Å²) in [7, 11) is 0. The first kappa shape index (κ1) is 29.2. The molecule has 39 heavy (non-hydrogen) atoms. The first-order valence-corrected chi connectivity index (χ1v) is 14.5. The number of carbonyl (C=O) groups is 2. The molecule has 0 atom stereocenters. The number of nitrogens with zero attached hydrogens (tertiary/aromatic N) is 2. The number of fused-ring (bicyclic) bond motifs is 1. The molecule has 2 aliphatic heterocycles. The van der Waals surface area contributed by atoms with Crippen molar-refractivity contribution in [2.75, 3.05) is 37.7 Å². The Labute approximate surface area is 232 Å². The highest BCUT2D eigenvalue weighted by atomic mass is 19.1. The van der Waals surface area contributed by atoms with Crippen LogP contribution in [0.2, 0.25) is 0 Å². The summed E-state index contributed by atoms with van der Waals surface area (Å²) in [6.45, 7) is 10.1. The Hall–Kier alpha value is -2.77. The Morgan fingerprint density at radius 3 is 2.33 bits per heavy atom. The van der Waals surface area contributed by atoms with Crippen molar-refractivity contribution < 1.29 is 18.7 Å². The molecule has 7 heteroatoms. The second kappa shape index (κ2) is 13.5. The SMILES string of the molecule is CC(=O)N1CCCCCCCN(C2CCOCC2)Cc2cc(C(=O)NCC(C)(C)c3ccc(F)cc3)ccc21. The normalized spacial score (nSPS) is 18.5. The lowest BCUT2D eigenvalue weighted by molar-refractivity contribution is -0.116. The van der Waals surface area contributed by atoms with E-state index in [9.17, 15) is 14.0 Å². The zero-order valence-corrected chi connectivity index (χ0v) is 23.8. The van der Waals surface area contributed by atoms with Crippen molar-refractivity contribution in [3.05, 3.63) is 65.0 Å². The maximum absolute atomic E-state index is 13.4. The lowest BCUT2D eigenvalue weighted by Crippen LogP contribution is -2.40. The second-order valence-corrected chi connectivity index (χ2v) is 11.7. The third-order valence-corrected chi connectivity index (χ3v) is 8.24. The van der Waals surface area contributed by atoms with E-state index in [-0.39, 0.29) is 23.0 Å². The van der Waals surface area contributed by atoms with Gasteiger partial charge in [0.1, 0.15) is 5.82 Å². The molecule has 0 aromatic heterocycles. The van der Waals surface area contributed by atoms with Crippen LogP contribution in [-0.4, -0.2) is 55.6 Å². The van der Waals surface area contributed by atoms with Crippen LogP contribution in [0.5, 0.6) is 0 Å². The molecule has 2 aliphatic rings. The van der Waals surface area contributed by atoms with Gasteiger partial charge in [-0.3, -0.25) is 14.5 Å². The molecule has 2 aromatic rings. The summed E-state index contributed by atoms with van der Waals surface area (Å²) in [6, 6.07) is 12.6. The van der Waals surface area contributed by atoms with E-state index in [0.717, 1.165) is 68.7 Å². The van der Waals surface area contributed by atoms with E-state index < -0.39 is 0 Å². The van der Waals surface area contributed by atoms with E-state index in [1.807, 2.05) is 36.9 Å². The predicted octanol–water partition coefficient (Wildman–Crippen LogP) is 5.83. The minimum Gasteiger partial charge on any atom is -0.381 e. The highest BCUT2D eigenvalue weighted by Crippen LogP contribution is 2.29. The maximum atomic E-state index is 13.4. The Morgan fingerprint density at radius 1 is 0.974 bits per heavy atom. The minimum absolute atomic E-state index is 0.0316. The summed E-state index contributed by atoms with van der Waals surface area (Å²) in [5, 5.41) is 3.09. The summed E-state index contributed by atoms with van der Waals surface area (Å²) in [6.07, 6.45) is 7.63. The number of hydrogen-bond acceptors (Lipinski definition) is 4. The van der Waals surface area contributed by atoms with Gasteiger partial charge >= 0.3 is 0 Å². The van der Waals surface area contributed by atoms with E-state index in [4.69, 9.17) is 4.74 Å². The number of benzene rings is 2. The number of carbonyl (C=O) groups excluding carboxylic acids is 2. The van der Waals surface area contributed by atoms with E-state index in [2.05, 4.69) is 10.2 Å². The lowest BCUT2D eigenvalue weighted by Gasteiger charge is -2.36. The Balaban J connectivity index is 1.59. The number of amides is 2. The van der Waals surface area contributed by atoms with Gasteiger partial charge in [0.2, 0.25) is 5.91 Å². The van der Waals surface area contributed by atoms with Crippen LogP contribution in [0.4, 0.5) is 10.1 Å². The van der Waals surface area contributed by atoms with E-state index in [1.165, 1.54) is 25.0 Å². The molecule has 1 fully saturated rings. The van der Waals surface area contributed by atoms with Crippen LogP contribution in [0.15, 0.2) is 42.5 Å². The molecule has 4 rings (SSSR count). The van der Waals surface area contributed by atoms with Crippen molar-refractivity contribution in [3.63, 3.8) is 0 Å². The van der Waals surface area contributed by atoms with Gasteiger partial charge in [-0.25, -0.2) is 4.39 Å². The molecule has 1 saturated heterocycles. The highest BCUT2D eigenvalue weighted by Gasteiger charge is 2.26. The number of anilines is 1. The number of halogens is 1. The summed E-state index contributed by atoms with van der Waals surface area (Å²) in [4.78, 5) is 30.5. The molecule has 0 spiro atoms. The molecule has 212 valence electrons. The smallest absolute Gasteiger partial charge is 0.251 e. The standard InChI is InChI=1S/C32H44FN3O3/c1-24(37)36-18-8-6-4-5-7-17-35(29-15-19-39-20-16-29)22-26-21-25(9-14-30(26)36)31(38)34-23-32(2,3)27-10-12-28(33)13-11-27/h9-14,21,29H,4-8,15-20,22-23H2,1-3H3,(H,34,38). The molecule has 2 heterocycles. The molecule has 0 radical (unpaired) electrons. The fraction of sp³-hybridized carbons (Fsp3) is 0.562. The van der Waals surface area contributed by atoms with Gasteiger partial charge in [-0.1, -0.05) is 45.2 Å². The van der Waals surface area contributed by atoms with Gasteiger partial charge in [0.05, 0.1) is 0 Å². The maximum Gasteiger partial charge on any atom is 0.251 e. The molecule has 0 aliphatic carbocycles. The molecule has 0 bridgehead atoms. The Kier molecular flexibility index (Phi) is 10.1. The molecule has 2 amide bonds. The fourth-order valence-electron chi connectivity index (χ4n) is 5.75. The fourth-order valence-corrected chi connectivity index (χ4v) is 5.75. The van der Waals surface area contributed by atoms with E-state index in [0.29, 0.717) is 31.2 Å². The van der Waals surface area contributed by atoms with Gasteiger partial charge in [-0.2, -0.15) is 0 Å². The summed E-state index contributed by atoms with van der Waals surface area (Å²) < 4.78 is 19.1. The lowest BCUT2D eigenvalue weighted by atomic mass is 9.84. The average molecular weight is 538 g/mol. The summed E-state index contributed by atoms with van der Waals surface area (Å²) in [5.41, 5.74) is 3.12. The minimum atomic E-state index is -0.356. The average Bonchev–Trinajstić information content (AvgIpc) is 2.92.